The summed E-state index contributed by atoms with van der Waals surface area (Å²) < 4.78 is 0. The highest BCUT2D eigenvalue weighted by Crippen LogP contribution is 2.09. The van der Waals surface area contributed by atoms with E-state index in [-0.39, 0.29) is 12.1 Å². The van der Waals surface area contributed by atoms with Crippen LogP contribution in [0.5, 0.6) is 0 Å². The van der Waals surface area contributed by atoms with Crippen LogP contribution in [0.25, 0.3) is 0 Å². The number of aliphatic hydroxyl groups excluding tert-OH is 1. The highest BCUT2D eigenvalue weighted by Gasteiger charge is 2.19. The first kappa shape index (κ1) is 12.9. The van der Waals surface area contributed by atoms with E-state index < -0.39 is 0 Å². The van der Waals surface area contributed by atoms with Crippen molar-refractivity contribution in [2.75, 3.05) is 13.1 Å². The van der Waals surface area contributed by atoms with Gasteiger partial charge in [-0.2, -0.15) is 0 Å². The van der Waals surface area contributed by atoms with Crippen molar-refractivity contribution in [3.8, 4) is 0 Å². The van der Waals surface area contributed by atoms with Crippen LogP contribution in [0, 0.1) is 5.92 Å². The van der Waals surface area contributed by atoms with Gasteiger partial charge < -0.3 is 5.11 Å². The minimum absolute atomic E-state index is 0.182. The molecule has 0 aliphatic carbocycles. The third-order valence-electron chi connectivity index (χ3n) is 2.56. The molecule has 2 heteroatoms. The van der Waals surface area contributed by atoms with Crippen molar-refractivity contribution in [1.29, 1.82) is 0 Å². The van der Waals surface area contributed by atoms with Crippen LogP contribution in [-0.2, 0) is 0 Å². The maximum absolute atomic E-state index is 9.70. The fourth-order valence-corrected chi connectivity index (χ4v) is 1.64. The topological polar surface area (TPSA) is 23.5 Å². The molecular formula is C11H25NO. The van der Waals surface area contributed by atoms with E-state index in [0.717, 1.165) is 19.5 Å². The second-order valence-electron chi connectivity index (χ2n) is 4.20. The zero-order chi connectivity index (χ0) is 10.4. The van der Waals surface area contributed by atoms with E-state index in [2.05, 4.69) is 32.6 Å². The first-order valence-corrected chi connectivity index (χ1v) is 5.44. The Balaban J connectivity index is 4.05. The standard InChI is InChI=1S/C11H25NO/c1-6-11(13)10(5)12(7-2)8-9(3)4/h9-11,13H,6-8H2,1-5H3. The molecule has 0 aromatic rings. The maximum Gasteiger partial charge on any atom is 0.0690 e. The molecule has 0 bridgehead atoms. The van der Waals surface area contributed by atoms with Gasteiger partial charge in [0.05, 0.1) is 6.10 Å². The highest BCUT2D eigenvalue weighted by atomic mass is 16.3. The van der Waals surface area contributed by atoms with Crippen LogP contribution in [0.4, 0.5) is 0 Å². The fourth-order valence-electron chi connectivity index (χ4n) is 1.64. The average molecular weight is 187 g/mol. The SMILES string of the molecule is CCC(O)C(C)N(CC)CC(C)C. The lowest BCUT2D eigenvalue weighted by Gasteiger charge is -2.32. The Kier molecular flexibility index (Phi) is 6.35. The summed E-state index contributed by atoms with van der Waals surface area (Å²) >= 11 is 0. The lowest BCUT2D eigenvalue weighted by Crippen LogP contribution is -2.43. The van der Waals surface area contributed by atoms with Crippen molar-refractivity contribution in [3.05, 3.63) is 0 Å². The third kappa shape index (κ3) is 4.63. The number of hydrogen-bond donors (Lipinski definition) is 1. The van der Waals surface area contributed by atoms with Gasteiger partial charge in [0, 0.05) is 12.6 Å². The molecule has 0 aromatic carbocycles. The quantitative estimate of drug-likeness (QED) is 0.688. The molecule has 0 saturated carbocycles. The van der Waals surface area contributed by atoms with Crippen LogP contribution >= 0.6 is 0 Å². The van der Waals surface area contributed by atoms with Gasteiger partial charge in [-0.3, -0.25) is 4.90 Å². The van der Waals surface area contributed by atoms with Gasteiger partial charge in [0.1, 0.15) is 0 Å². The molecule has 0 aliphatic heterocycles. The van der Waals surface area contributed by atoms with Gasteiger partial charge in [-0.15, -0.1) is 0 Å². The second kappa shape index (κ2) is 6.39. The summed E-state index contributed by atoms with van der Waals surface area (Å²) in [7, 11) is 0. The van der Waals surface area contributed by atoms with Crippen LogP contribution in [0.3, 0.4) is 0 Å². The lowest BCUT2D eigenvalue weighted by atomic mass is 10.1. The number of hydrogen-bond acceptors (Lipinski definition) is 2. The molecule has 1 N–H and O–H groups in total. The first-order valence-electron chi connectivity index (χ1n) is 5.44. The molecule has 0 radical (unpaired) electrons. The minimum Gasteiger partial charge on any atom is -0.392 e. The molecule has 0 aliphatic rings. The highest BCUT2D eigenvalue weighted by molar-refractivity contribution is 4.73. The van der Waals surface area contributed by atoms with Crippen LogP contribution in [0.2, 0.25) is 0 Å². The summed E-state index contributed by atoms with van der Waals surface area (Å²) in [5, 5.41) is 9.70. The molecule has 13 heavy (non-hydrogen) atoms. The summed E-state index contributed by atoms with van der Waals surface area (Å²) in [5.74, 6) is 0.673. The van der Waals surface area contributed by atoms with Gasteiger partial charge in [-0.1, -0.05) is 27.7 Å². The summed E-state index contributed by atoms with van der Waals surface area (Å²) in [6.45, 7) is 12.8. The summed E-state index contributed by atoms with van der Waals surface area (Å²) in [6, 6.07) is 0.289. The van der Waals surface area contributed by atoms with Crippen LogP contribution in [-0.4, -0.2) is 35.2 Å². The Labute approximate surface area is 82.9 Å². The molecule has 0 saturated heterocycles. The fraction of sp³-hybridized carbons (Fsp3) is 1.00. The molecule has 2 atom stereocenters. The molecule has 0 spiro atoms. The van der Waals surface area contributed by atoms with Crippen LogP contribution in [0.1, 0.15) is 41.0 Å². The Hall–Kier alpha value is -0.0800. The Morgan fingerprint density at radius 3 is 2.00 bits per heavy atom. The van der Waals surface area contributed by atoms with Crippen molar-refractivity contribution < 1.29 is 5.11 Å². The maximum atomic E-state index is 9.70. The third-order valence-corrected chi connectivity index (χ3v) is 2.56. The van der Waals surface area contributed by atoms with Gasteiger partial charge in [0.2, 0.25) is 0 Å². The smallest absolute Gasteiger partial charge is 0.0690 e. The predicted octanol–water partition coefficient (Wildman–Crippen LogP) is 2.12. The largest absolute Gasteiger partial charge is 0.392 e. The van der Waals surface area contributed by atoms with Gasteiger partial charge in [-0.05, 0) is 25.8 Å². The van der Waals surface area contributed by atoms with Gasteiger partial charge in [-0.25, -0.2) is 0 Å². The second-order valence-corrected chi connectivity index (χ2v) is 4.20. The van der Waals surface area contributed by atoms with E-state index >= 15 is 0 Å². The molecule has 0 amide bonds. The predicted molar refractivity (Wildman–Crippen MR) is 57.8 cm³/mol. The van der Waals surface area contributed by atoms with Crippen molar-refractivity contribution in [2.24, 2.45) is 5.92 Å². The molecule has 0 rings (SSSR count). The van der Waals surface area contributed by atoms with Crippen molar-refractivity contribution in [2.45, 2.75) is 53.2 Å². The van der Waals surface area contributed by atoms with E-state index in [4.69, 9.17) is 0 Å². The van der Waals surface area contributed by atoms with Crippen molar-refractivity contribution in [1.82, 2.24) is 4.90 Å². The number of likely N-dealkylation sites (N-methyl/N-ethyl adjacent to an activating group) is 1. The zero-order valence-corrected chi connectivity index (χ0v) is 9.75. The zero-order valence-electron chi connectivity index (χ0n) is 9.75. The van der Waals surface area contributed by atoms with Crippen LogP contribution < -0.4 is 0 Å². The number of rotatable bonds is 6. The van der Waals surface area contributed by atoms with Crippen LogP contribution in [0.15, 0.2) is 0 Å². The van der Waals surface area contributed by atoms with Gasteiger partial charge in [0.25, 0.3) is 0 Å². The van der Waals surface area contributed by atoms with Gasteiger partial charge in [0.15, 0.2) is 0 Å². The van der Waals surface area contributed by atoms with Crippen molar-refractivity contribution >= 4 is 0 Å². The number of aliphatic hydroxyl groups is 1. The average Bonchev–Trinajstić information content (AvgIpc) is 2.11. The molecule has 0 fully saturated rings. The molecular weight excluding hydrogens is 162 g/mol. The normalized spacial score (nSPS) is 16.6. The summed E-state index contributed by atoms with van der Waals surface area (Å²) in [6.07, 6.45) is 0.661. The Morgan fingerprint density at radius 1 is 1.15 bits per heavy atom. The number of nitrogens with zero attached hydrogens (tertiary/aromatic N) is 1. The van der Waals surface area contributed by atoms with Gasteiger partial charge >= 0.3 is 0 Å². The monoisotopic (exact) mass is 187 g/mol. The molecule has 80 valence electrons. The van der Waals surface area contributed by atoms with Crippen molar-refractivity contribution in [3.63, 3.8) is 0 Å². The van der Waals surface area contributed by atoms with E-state index in [0.29, 0.717) is 5.92 Å². The molecule has 0 heterocycles. The lowest BCUT2D eigenvalue weighted by molar-refractivity contribution is 0.0527. The Morgan fingerprint density at radius 2 is 1.69 bits per heavy atom. The van der Waals surface area contributed by atoms with E-state index in [1.807, 2.05) is 6.92 Å². The summed E-state index contributed by atoms with van der Waals surface area (Å²) in [5.41, 5.74) is 0. The van der Waals surface area contributed by atoms with E-state index in [1.54, 1.807) is 0 Å². The molecule has 0 aromatic heterocycles. The molecule has 2 unspecified atom stereocenters. The summed E-state index contributed by atoms with van der Waals surface area (Å²) in [4.78, 5) is 2.35. The minimum atomic E-state index is -0.182. The van der Waals surface area contributed by atoms with E-state index in [9.17, 15) is 5.11 Å². The first-order chi connectivity index (χ1) is 6.02. The Bertz CT molecular complexity index is 125. The molecule has 2 nitrogen and oxygen atoms in total. The van der Waals surface area contributed by atoms with E-state index in [1.165, 1.54) is 0 Å².